The number of rotatable bonds is 5. The topological polar surface area (TPSA) is 156 Å². The summed E-state index contributed by atoms with van der Waals surface area (Å²) in [6.07, 6.45) is -5.99. The van der Waals surface area contributed by atoms with Gasteiger partial charge in [-0.3, -0.25) is 4.79 Å². The number of carbonyl (C=O) groups is 2. The molecule has 1 atom stereocenters. The number of benzene rings is 2. The monoisotopic (exact) mass is 586 g/mol. The van der Waals surface area contributed by atoms with Gasteiger partial charge >= 0.3 is 12.5 Å². The quantitative estimate of drug-likeness (QED) is 0.429. The Morgan fingerprint density at radius 3 is 2.42 bits per heavy atom. The predicted octanol–water partition coefficient (Wildman–Crippen LogP) is 3.12. The Bertz CT molecular complexity index is 1520. The number of hydrogen-bond donors (Lipinski definition) is 2. The molecule has 0 spiro atoms. The molecule has 1 aliphatic heterocycles. The molecule has 0 aliphatic carbocycles. The zero-order valence-corrected chi connectivity index (χ0v) is 21.9. The molecule has 2 heterocycles. The van der Waals surface area contributed by atoms with E-state index in [1.807, 2.05) is 0 Å². The van der Waals surface area contributed by atoms with E-state index < -0.39 is 62.1 Å². The summed E-state index contributed by atoms with van der Waals surface area (Å²) in [4.78, 5) is 26.6. The first-order chi connectivity index (χ1) is 18.5. The maximum absolute atomic E-state index is 15.1. The second kappa shape index (κ2) is 10.4. The molecule has 3 aromatic rings. The van der Waals surface area contributed by atoms with Crippen LogP contribution in [-0.2, 0) is 25.9 Å². The first kappa shape index (κ1) is 28.7. The maximum atomic E-state index is 15.1. The smallest absolute Gasteiger partial charge is 0.444 e. The number of tetrazole rings is 1. The van der Waals surface area contributed by atoms with Crippen molar-refractivity contribution in [1.82, 2.24) is 25.9 Å². The van der Waals surface area contributed by atoms with Gasteiger partial charge in [0.25, 0.3) is 5.91 Å². The zero-order valence-electron chi connectivity index (χ0n) is 21.1. The first-order valence-corrected chi connectivity index (χ1v) is 13.1. The van der Waals surface area contributed by atoms with Gasteiger partial charge in [-0.15, -0.1) is 23.4 Å². The summed E-state index contributed by atoms with van der Waals surface area (Å²) in [5.41, 5.74) is -1.26. The first-order valence-electron chi connectivity index (χ1n) is 11.5. The van der Waals surface area contributed by atoms with Gasteiger partial charge in [0.15, 0.2) is 9.84 Å². The molecule has 1 aliphatic rings. The van der Waals surface area contributed by atoms with Crippen LogP contribution in [-0.4, -0.2) is 64.8 Å². The second-order valence-corrected chi connectivity index (χ2v) is 11.6. The number of hydrogen-bond acceptors (Lipinski definition) is 9. The highest BCUT2D eigenvalue weighted by Gasteiger charge is 2.40. The van der Waals surface area contributed by atoms with Gasteiger partial charge in [0, 0.05) is 0 Å². The number of sulfone groups is 1. The number of carbonyl (C=O) groups excluding carboxylic acids is 2. The third-order valence-electron chi connectivity index (χ3n) is 5.40. The minimum atomic E-state index is -4.92. The number of nitrogens with zero attached hydrogens (tertiary/aromatic N) is 4. The summed E-state index contributed by atoms with van der Waals surface area (Å²) in [6.45, 7) is 4.32. The number of anilines is 1. The molecule has 4 rings (SSSR count). The maximum Gasteiger partial charge on any atom is 0.573 e. The average molecular weight is 587 g/mol. The normalized spacial score (nSPS) is 17.1. The number of alkyl halides is 3. The molecule has 17 heteroatoms. The molecule has 0 radical (unpaired) electrons. The van der Waals surface area contributed by atoms with Crippen molar-refractivity contribution in [3.8, 4) is 17.1 Å². The fourth-order valence-corrected chi connectivity index (χ4v) is 5.45. The Kier molecular flexibility index (Phi) is 7.44. The lowest BCUT2D eigenvalue weighted by Crippen LogP contribution is -2.51. The van der Waals surface area contributed by atoms with Crippen molar-refractivity contribution in [3.05, 3.63) is 47.8 Å². The van der Waals surface area contributed by atoms with Crippen molar-refractivity contribution < 1.29 is 45.0 Å². The minimum Gasteiger partial charge on any atom is -0.444 e. The van der Waals surface area contributed by atoms with Crippen molar-refractivity contribution >= 4 is 27.5 Å². The highest BCUT2D eigenvalue weighted by atomic mass is 32.2. The van der Waals surface area contributed by atoms with Crippen LogP contribution in [0.2, 0.25) is 0 Å². The highest BCUT2D eigenvalue weighted by Crippen LogP contribution is 2.36. The van der Waals surface area contributed by atoms with Gasteiger partial charge in [-0.05, 0) is 55.8 Å². The third kappa shape index (κ3) is 6.64. The van der Waals surface area contributed by atoms with Crippen LogP contribution >= 0.6 is 0 Å². The molecule has 40 heavy (non-hydrogen) atoms. The lowest BCUT2D eigenvalue weighted by atomic mass is 10.1. The molecular weight excluding hydrogens is 564 g/mol. The largest absolute Gasteiger partial charge is 0.573 e. The van der Waals surface area contributed by atoms with E-state index in [9.17, 15) is 31.2 Å². The van der Waals surface area contributed by atoms with Gasteiger partial charge in [0.2, 0.25) is 5.82 Å². The van der Waals surface area contributed by atoms with E-state index in [2.05, 4.69) is 30.7 Å². The van der Waals surface area contributed by atoms with E-state index in [0.29, 0.717) is 6.07 Å². The van der Waals surface area contributed by atoms with E-state index in [1.54, 1.807) is 20.8 Å². The molecule has 2 N–H and O–H groups in total. The van der Waals surface area contributed by atoms with E-state index in [1.165, 1.54) is 12.1 Å². The number of fused-ring (bicyclic) bond motifs is 1. The van der Waals surface area contributed by atoms with Gasteiger partial charge in [0.1, 0.15) is 23.2 Å². The lowest BCUT2D eigenvalue weighted by molar-refractivity contribution is -0.274. The standard InChI is InChI=1S/C23H22F4N6O6S/c1-22(2,3)39-21(35)28-16-11-40(36,37)18-9-15(24)14(19-29-31-32-30-19)8-17(18)33(20(16)34)10-12-4-6-13(7-5-12)38-23(25,26)27/h4-9,16H,10-11H2,1-3H3,(H,28,35)(H,29,30,31,32)/t16-/m0/s1. The summed E-state index contributed by atoms with van der Waals surface area (Å²) in [6, 6.07) is 4.57. The molecule has 0 saturated carbocycles. The summed E-state index contributed by atoms with van der Waals surface area (Å²) >= 11 is 0. The van der Waals surface area contributed by atoms with Crippen LogP contribution in [0.1, 0.15) is 26.3 Å². The summed E-state index contributed by atoms with van der Waals surface area (Å²) in [7, 11) is -4.39. The summed E-state index contributed by atoms with van der Waals surface area (Å²) < 4.78 is 88.4. The Balaban J connectivity index is 1.79. The molecule has 1 aromatic heterocycles. The van der Waals surface area contributed by atoms with Crippen LogP contribution in [0.5, 0.6) is 5.75 Å². The van der Waals surface area contributed by atoms with Crippen LogP contribution in [0.4, 0.5) is 28.0 Å². The van der Waals surface area contributed by atoms with Crippen molar-refractivity contribution in [1.29, 1.82) is 0 Å². The zero-order chi connectivity index (χ0) is 29.5. The Labute approximate surface area is 224 Å². The van der Waals surface area contributed by atoms with E-state index in [0.717, 1.165) is 23.1 Å². The molecular formula is C23H22F4N6O6S. The van der Waals surface area contributed by atoms with Gasteiger partial charge in [-0.25, -0.2) is 17.6 Å². The van der Waals surface area contributed by atoms with Crippen molar-refractivity contribution in [2.24, 2.45) is 0 Å². The summed E-state index contributed by atoms with van der Waals surface area (Å²) in [5, 5.41) is 15.1. The van der Waals surface area contributed by atoms with Crippen LogP contribution in [0.25, 0.3) is 11.4 Å². The number of aromatic nitrogens is 4. The van der Waals surface area contributed by atoms with Gasteiger partial charge in [0.05, 0.1) is 28.4 Å². The lowest BCUT2D eigenvalue weighted by Gasteiger charge is -2.27. The second-order valence-electron chi connectivity index (χ2n) is 9.63. The molecule has 0 saturated heterocycles. The average Bonchev–Trinajstić information content (AvgIpc) is 3.33. The number of halogens is 4. The number of ether oxygens (including phenoxy) is 2. The Hall–Kier alpha value is -4.28. The van der Waals surface area contributed by atoms with E-state index in [4.69, 9.17) is 4.74 Å². The minimum absolute atomic E-state index is 0.230. The number of H-pyrrole nitrogens is 1. The number of nitrogens with one attached hydrogen (secondary N) is 2. The SMILES string of the molecule is CC(C)(C)OC(=O)N[C@H]1CS(=O)(=O)c2cc(F)c(-c3nn[nH]n3)cc2N(Cc2ccc(OC(F)(F)F)cc2)C1=O. The summed E-state index contributed by atoms with van der Waals surface area (Å²) in [5.74, 6) is -3.61. The van der Waals surface area contributed by atoms with Crippen LogP contribution in [0.15, 0.2) is 41.3 Å². The highest BCUT2D eigenvalue weighted by molar-refractivity contribution is 7.91. The molecule has 214 valence electrons. The van der Waals surface area contributed by atoms with Crippen molar-refractivity contribution in [3.63, 3.8) is 0 Å². The van der Waals surface area contributed by atoms with Gasteiger partial charge in [-0.1, -0.05) is 12.1 Å². The number of alkyl carbamates (subject to hydrolysis) is 1. The fraction of sp³-hybridized carbons (Fsp3) is 0.348. The van der Waals surface area contributed by atoms with Crippen molar-refractivity contribution in [2.75, 3.05) is 10.7 Å². The molecule has 0 bridgehead atoms. The molecule has 12 nitrogen and oxygen atoms in total. The van der Waals surface area contributed by atoms with Crippen molar-refractivity contribution in [2.45, 2.75) is 50.2 Å². The fourth-order valence-electron chi connectivity index (χ4n) is 3.83. The molecule has 0 unspecified atom stereocenters. The Morgan fingerprint density at radius 2 is 1.85 bits per heavy atom. The molecule has 0 fully saturated rings. The molecule has 2 aromatic carbocycles. The van der Waals surface area contributed by atoms with E-state index in [-0.39, 0.29) is 29.2 Å². The Morgan fingerprint density at radius 1 is 1.18 bits per heavy atom. The molecule has 2 amide bonds. The van der Waals surface area contributed by atoms with Gasteiger partial charge in [-0.2, -0.15) is 5.21 Å². The predicted molar refractivity (Wildman–Crippen MR) is 129 cm³/mol. The van der Waals surface area contributed by atoms with Crippen LogP contribution in [0, 0.1) is 5.82 Å². The van der Waals surface area contributed by atoms with Crippen LogP contribution in [0.3, 0.4) is 0 Å². The van der Waals surface area contributed by atoms with E-state index >= 15 is 4.39 Å². The number of aromatic amines is 1. The van der Waals surface area contributed by atoms with Crippen LogP contribution < -0.4 is 15.0 Å². The van der Waals surface area contributed by atoms with Gasteiger partial charge < -0.3 is 19.7 Å². The number of amides is 2. The third-order valence-corrected chi connectivity index (χ3v) is 7.17.